The van der Waals surface area contributed by atoms with Gasteiger partial charge < -0.3 is 10.0 Å². The monoisotopic (exact) mass is 227 g/mol. The lowest BCUT2D eigenvalue weighted by Gasteiger charge is -2.24. The van der Waals surface area contributed by atoms with Gasteiger partial charge in [-0.2, -0.15) is 0 Å². The van der Waals surface area contributed by atoms with Crippen molar-refractivity contribution in [2.45, 2.75) is 19.4 Å². The molecule has 1 fully saturated rings. The standard InChI is InChI=1S/C9H13N3O2S/c1-6-2-3-12(7(6)5-13)9(14)8-4-10-11-15-8/h4,6-7,13H,2-3,5H2,1H3. The number of nitrogens with zero attached hydrogens (tertiary/aromatic N) is 3. The number of aliphatic hydroxyl groups is 1. The van der Waals surface area contributed by atoms with Crippen LogP contribution < -0.4 is 0 Å². The van der Waals surface area contributed by atoms with Crippen LogP contribution in [0.2, 0.25) is 0 Å². The van der Waals surface area contributed by atoms with E-state index in [9.17, 15) is 9.90 Å². The van der Waals surface area contributed by atoms with E-state index in [-0.39, 0.29) is 18.6 Å². The summed E-state index contributed by atoms with van der Waals surface area (Å²) < 4.78 is 3.67. The normalized spacial score (nSPS) is 25.9. The van der Waals surface area contributed by atoms with Gasteiger partial charge in [-0.05, 0) is 23.9 Å². The van der Waals surface area contributed by atoms with Crippen molar-refractivity contribution in [1.29, 1.82) is 0 Å². The summed E-state index contributed by atoms with van der Waals surface area (Å²) in [5, 5.41) is 12.9. The molecule has 1 amide bonds. The second-order valence-corrected chi connectivity index (χ2v) is 4.58. The molecule has 1 aliphatic heterocycles. The molecule has 15 heavy (non-hydrogen) atoms. The molecule has 1 N–H and O–H groups in total. The van der Waals surface area contributed by atoms with Crippen molar-refractivity contribution in [2.75, 3.05) is 13.2 Å². The van der Waals surface area contributed by atoms with Crippen molar-refractivity contribution in [1.82, 2.24) is 14.5 Å². The second-order valence-electron chi connectivity index (χ2n) is 3.80. The van der Waals surface area contributed by atoms with Crippen LogP contribution >= 0.6 is 11.5 Å². The van der Waals surface area contributed by atoms with Crippen LogP contribution in [-0.2, 0) is 0 Å². The molecule has 2 unspecified atom stereocenters. The van der Waals surface area contributed by atoms with Crippen LogP contribution in [0.25, 0.3) is 0 Å². The van der Waals surface area contributed by atoms with Crippen LogP contribution in [0.15, 0.2) is 6.20 Å². The molecule has 0 spiro atoms. The lowest BCUT2D eigenvalue weighted by Crippen LogP contribution is -2.39. The number of amides is 1. The fraction of sp³-hybridized carbons (Fsp3) is 0.667. The molecular formula is C9H13N3O2S. The average Bonchev–Trinajstić information content (AvgIpc) is 2.85. The summed E-state index contributed by atoms with van der Waals surface area (Å²) in [5.74, 6) is 0.299. The average molecular weight is 227 g/mol. The van der Waals surface area contributed by atoms with Gasteiger partial charge in [-0.1, -0.05) is 11.4 Å². The topological polar surface area (TPSA) is 66.3 Å². The number of carbonyl (C=O) groups excluding carboxylic acids is 1. The van der Waals surface area contributed by atoms with E-state index >= 15 is 0 Å². The summed E-state index contributed by atoms with van der Waals surface area (Å²) in [6.07, 6.45) is 2.42. The van der Waals surface area contributed by atoms with Crippen molar-refractivity contribution < 1.29 is 9.90 Å². The zero-order valence-electron chi connectivity index (χ0n) is 8.46. The summed E-state index contributed by atoms with van der Waals surface area (Å²) >= 11 is 1.10. The maximum atomic E-state index is 12.0. The summed E-state index contributed by atoms with van der Waals surface area (Å²) in [5.41, 5.74) is 0. The maximum absolute atomic E-state index is 12.0. The summed E-state index contributed by atoms with van der Waals surface area (Å²) in [6, 6.07) is -0.0559. The zero-order chi connectivity index (χ0) is 10.8. The molecular weight excluding hydrogens is 214 g/mol. The Morgan fingerprint density at radius 1 is 1.80 bits per heavy atom. The molecule has 2 heterocycles. The van der Waals surface area contributed by atoms with E-state index in [4.69, 9.17) is 0 Å². The highest BCUT2D eigenvalue weighted by atomic mass is 32.1. The van der Waals surface area contributed by atoms with Gasteiger partial charge in [-0.15, -0.1) is 5.10 Å². The first kappa shape index (κ1) is 10.5. The Morgan fingerprint density at radius 3 is 3.20 bits per heavy atom. The SMILES string of the molecule is CC1CCN(C(=O)c2cnns2)C1CO. The molecule has 0 saturated carbocycles. The lowest BCUT2D eigenvalue weighted by atomic mass is 10.0. The van der Waals surface area contributed by atoms with E-state index in [1.165, 1.54) is 6.20 Å². The summed E-state index contributed by atoms with van der Waals surface area (Å²) in [4.78, 5) is 14.2. The van der Waals surface area contributed by atoms with E-state index < -0.39 is 0 Å². The highest BCUT2D eigenvalue weighted by Crippen LogP contribution is 2.25. The molecule has 1 saturated heterocycles. The quantitative estimate of drug-likeness (QED) is 0.793. The fourth-order valence-corrected chi connectivity index (χ4v) is 2.41. The molecule has 0 aromatic carbocycles. The molecule has 1 aromatic rings. The molecule has 82 valence electrons. The molecule has 0 radical (unpaired) electrons. The number of carbonyl (C=O) groups is 1. The second kappa shape index (κ2) is 4.24. The smallest absolute Gasteiger partial charge is 0.267 e. The first-order valence-electron chi connectivity index (χ1n) is 4.93. The minimum atomic E-state index is -0.0617. The van der Waals surface area contributed by atoms with Crippen molar-refractivity contribution in [2.24, 2.45) is 5.92 Å². The van der Waals surface area contributed by atoms with Gasteiger partial charge >= 0.3 is 0 Å². The number of hydrogen-bond donors (Lipinski definition) is 1. The Balaban J connectivity index is 2.14. The van der Waals surface area contributed by atoms with Gasteiger partial charge in [-0.25, -0.2) is 0 Å². The first-order valence-corrected chi connectivity index (χ1v) is 5.70. The Morgan fingerprint density at radius 2 is 2.60 bits per heavy atom. The minimum Gasteiger partial charge on any atom is -0.394 e. The predicted octanol–water partition coefficient (Wildman–Crippen LogP) is 0.381. The van der Waals surface area contributed by atoms with Crippen LogP contribution in [0.1, 0.15) is 23.0 Å². The predicted molar refractivity (Wildman–Crippen MR) is 55.6 cm³/mol. The molecule has 0 aliphatic carbocycles. The van der Waals surface area contributed by atoms with Crippen LogP contribution in [0, 0.1) is 5.92 Å². The van der Waals surface area contributed by atoms with E-state index in [2.05, 4.69) is 16.5 Å². The van der Waals surface area contributed by atoms with Gasteiger partial charge in [0.25, 0.3) is 5.91 Å². The zero-order valence-corrected chi connectivity index (χ0v) is 9.28. The van der Waals surface area contributed by atoms with E-state index in [1.54, 1.807) is 4.90 Å². The van der Waals surface area contributed by atoms with Gasteiger partial charge in [0, 0.05) is 6.54 Å². The molecule has 1 aliphatic rings. The highest BCUT2D eigenvalue weighted by molar-refractivity contribution is 7.07. The van der Waals surface area contributed by atoms with E-state index in [0.29, 0.717) is 17.3 Å². The molecule has 2 rings (SSSR count). The van der Waals surface area contributed by atoms with Crippen molar-refractivity contribution in [3.05, 3.63) is 11.1 Å². The highest BCUT2D eigenvalue weighted by Gasteiger charge is 2.34. The van der Waals surface area contributed by atoms with Gasteiger partial charge in [0.15, 0.2) is 0 Å². The number of likely N-dealkylation sites (tertiary alicyclic amines) is 1. The van der Waals surface area contributed by atoms with Crippen LogP contribution in [0.3, 0.4) is 0 Å². The number of hydrogen-bond acceptors (Lipinski definition) is 5. The molecule has 5 nitrogen and oxygen atoms in total. The number of aromatic nitrogens is 2. The van der Waals surface area contributed by atoms with Crippen LogP contribution in [-0.4, -0.2) is 44.7 Å². The van der Waals surface area contributed by atoms with E-state index in [1.807, 2.05) is 0 Å². The van der Waals surface area contributed by atoms with Crippen molar-refractivity contribution in [3.8, 4) is 0 Å². The van der Waals surface area contributed by atoms with Crippen molar-refractivity contribution >= 4 is 17.4 Å². The lowest BCUT2D eigenvalue weighted by molar-refractivity contribution is 0.0653. The minimum absolute atomic E-state index is 0.0269. The third-order valence-corrected chi connectivity index (χ3v) is 3.56. The van der Waals surface area contributed by atoms with E-state index in [0.717, 1.165) is 18.0 Å². The third kappa shape index (κ3) is 1.87. The Hall–Kier alpha value is -1.01. The molecule has 0 bridgehead atoms. The molecule has 1 aromatic heterocycles. The first-order chi connectivity index (χ1) is 7.24. The van der Waals surface area contributed by atoms with Crippen molar-refractivity contribution in [3.63, 3.8) is 0 Å². The van der Waals surface area contributed by atoms with Gasteiger partial charge in [0.1, 0.15) is 4.88 Å². The summed E-state index contributed by atoms with van der Waals surface area (Å²) in [7, 11) is 0. The van der Waals surface area contributed by atoms with Crippen LogP contribution in [0.4, 0.5) is 0 Å². The fourth-order valence-electron chi connectivity index (χ4n) is 1.94. The number of aliphatic hydroxyl groups excluding tert-OH is 1. The molecule has 2 atom stereocenters. The Labute approximate surface area is 91.9 Å². The Kier molecular flexibility index (Phi) is 2.97. The van der Waals surface area contributed by atoms with Gasteiger partial charge in [0.05, 0.1) is 18.8 Å². The third-order valence-electron chi connectivity index (χ3n) is 2.90. The number of rotatable bonds is 2. The molecule has 6 heteroatoms. The van der Waals surface area contributed by atoms with Crippen LogP contribution in [0.5, 0.6) is 0 Å². The largest absolute Gasteiger partial charge is 0.394 e. The van der Waals surface area contributed by atoms with Gasteiger partial charge in [-0.3, -0.25) is 4.79 Å². The summed E-state index contributed by atoms with van der Waals surface area (Å²) in [6.45, 7) is 2.79. The Bertz CT molecular complexity index is 341. The maximum Gasteiger partial charge on any atom is 0.267 e. The van der Waals surface area contributed by atoms with Gasteiger partial charge in [0.2, 0.25) is 0 Å².